The molecular weight excluding hydrogens is 391 g/mol. The summed E-state index contributed by atoms with van der Waals surface area (Å²) in [7, 11) is 0. The van der Waals surface area contributed by atoms with E-state index >= 15 is 0 Å². The number of carbonyl (C=O) groups excluding carboxylic acids is 2. The fourth-order valence-electron chi connectivity index (χ4n) is 1.58. The molecule has 0 aliphatic rings. The summed E-state index contributed by atoms with van der Waals surface area (Å²) >= 11 is 0. The maximum atomic E-state index is 10.1. The van der Waals surface area contributed by atoms with Gasteiger partial charge in [0.2, 0.25) is 0 Å². The van der Waals surface area contributed by atoms with Crippen molar-refractivity contribution in [2.24, 2.45) is 0 Å². The Kier molecular flexibility index (Phi) is 32.0. The van der Waals surface area contributed by atoms with Gasteiger partial charge in [-0.1, -0.05) is 58.3 Å². The van der Waals surface area contributed by atoms with Crippen molar-refractivity contribution < 1.29 is 63.9 Å². The van der Waals surface area contributed by atoms with E-state index in [1.807, 2.05) is 0 Å². The van der Waals surface area contributed by atoms with Crippen LogP contribution in [-0.2, 0) is 48.5 Å². The van der Waals surface area contributed by atoms with E-state index in [2.05, 4.69) is 6.92 Å². The summed E-state index contributed by atoms with van der Waals surface area (Å²) in [4.78, 5) is 19.4. The molecule has 0 saturated heterocycles. The summed E-state index contributed by atoms with van der Waals surface area (Å²) < 4.78 is 0. The minimum atomic E-state index is -1.44. The standard InChI is InChI=1S/C12H24O2.C3H6O3.2Zn/c1-2-3-4-5-6-7-8-9-10-11-12(13)14;1-2(4)3(5)6;;/h2-11H2,1H3,(H,13,14);2,4H,1H3,(H,5,6);;/q;;2*+2/p-2. The Balaban J connectivity index is -0.000000174. The van der Waals surface area contributed by atoms with Crippen molar-refractivity contribution in [3.05, 3.63) is 0 Å². The molecule has 0 radical (unpaired) electrons. The van der Waals surface area contributed by atoms with Gasteiger partial charge in [0.25, 0.3) is 0 Å². The molecule has 1 unspecified atom stereocenters. The van der Waals surface area contributed by atoms with Crippen LogP contribution in [0.25, 0.3) is 0 Å². The van der Waals surface area contributed by atoms with Gasteiger partial charge in [0.05, 0.1) is 12.1 Å². The maximum Gasteiger partial charge on any atom is 2.00 e. The van der Waals surface area contributed by atoms with Gasteiger partial charge in [-0.25, -0.2) is 0 Å². The third kappa shape index (κ3) is 32.2. The Morgan fingerprint density at radius 1 is 0.864 bits per heavy atom. The van der Waals surface area contributed by atoms with Gasteiger partial charge in [-0.2, -0.15) is 0 Å². The quantitative estimate of drug-likeness (QED) is 0.394. The van der Waals surface area contributed by atoms with Gasteiger partial charge in [-0.05, 0) is 19.8 Å². The number of aliphatic hydroxyl groups excluding tert-OH is 1. The van der Waals surface area contributed by atoms with Crippen LogP contribution in [-0.4, -0.2) is 23.1 Å². The van der Waals surface area contributed by atoms with Crippen LogP contribution in [0, 0.1) is 0 Å². The number of carbonyl (C=O) groups is 2. The summed E-state index contributed by atoms with van der Waals surface area (Å²) in [6, 6.07) is 0. The second kappa shape index (κ2) is 23.4. The van der Waals surface area contributed by atoms with Crippen molar-refractivity contribution in [2.75, 3.05) is 0 Å². The maximum absolute atomic E-state index is 10.1. The van der Waals surface area contributed by atoms with Crippen molar-refractivity contribution in [2.45, 2.75) is 84.2 Å². The summed E-state index contributed by atoms with van der Waals surface area (Å²) in [5.74, 6) is -2.34. The first-order valence-electron chi connectivity index (χ1n) is 7.50. The van der Waals surface area contributed by atoms with Crippen LogP contribution in [0.5, 0.6) is 0 Å². The van der Waals surface area contributed by atoms with E-state index in [0.29, 0.717) is 0 Å². The summed E-state index contributed by atoms with van der Waals surface area (Å²) in [6.07, 6.45) is 9.82. The molecule has 0 bridgehead atoms. The van der Waals surface area contributed by atoms with Gasteiger partial charge in [0.1, 0.15) is 0 Å². The molecule has 0 aliphatic carbocycles. The minimum Gasteiger partial charge on any atom is -0.550 e. The van der Waals surface area contributed by atoms with E-state index in [1.54, 1.807) is 0 Å². The van der Waals surface area contributed by atoms with Gasteiger partial charge >= 0.3 is 39.0 Å². The van der Waals surface area contributed by atoms with E-state index in [-0.39, 0.29) is 45.4 Å². The van der Waals surface area contributed by atoms with Gasteiger partial charge in [-0.3, -0.25) is 0 Å². The first-order valence-corrected chi connectivity index (χ1v) is 7.50. The van der Waals surface area contributed by atoms with Crippen LogP contribution in [0.4, 0.5) is 0 Å². The zero-order valence-corrected chi connectivity index (χ0v) is 20.1. The first kappa shape index (κ1) is 30.1. The number of aliphatic hydroxyl groups is 1. The Bertz CT molecular complexity index is 248. The molecule has 5 nitrogen and oxygen atoms in total. The monoisotopic (exact) mass is 416 g/mol. The smallest absolute Gasteiger partial charge is 0.550 e. The van der Waals surface area contributed by atoms with Crippen LogP contribution < -0.4 is 10.2 Å². The van der Waals surface area contributed by atoms with Crippen molar-refractivity contribution in [3.8, 4) is 0 Å². The summed E-state index contributed by atoms with van der Waals surface area (Å²) in [5, 5.41) is 27.4. The molecule has 0 rings (SSSR count). The van der Waals surface area contributed by atoms with Gasteiger partial charge in [-0.15, -0.1) is 0 Å². The zero-order valence-electron chi connectivity index (χ0n) is 14.1. The van der Waals surface area contributed by atoms with E-state index in [1.165, 1.54) is 44.9 Å². The van der Waals surface area contributed by atoms with Gasteiger partial charge in [0.15, 0.2) is 0 Å². The molecule has 120 valence electrons. The molecule has 0 spiro atoms. The largest absolute Gasteiger partial charge is 2.00 e. The molecule has 0 aliphatic heterocycles. The van der Waals surface area contributed by atoms with Crippen molar-refractivity contribution in [1.29, 1.82) is 0 Å². The van der Waals surface area contributed by atoms with Crippen LogP contribution in [0.15, 0.2) is 0 Å². The average Bonchev–Trinajstić information content (AvgIpc) is 2.37. The molecule has 0 amide bonds. The Hall–Kier alpha value is 0.147. The van der Waals surface area contributed by atoms with Crippen LogP contribution >= 0.6 is 0 Å². The zero-order chi connectivity index (χ0) is 15.8. The predicted molar refractivity (Wildman–Crippen MR) is 73.5 cm³/mol. The fraction of sp³-hybridized carbons (Fsp3) is 0.867. The molecule has 0 fully saturated rings. The van der Waals surface area contributed by atoms with Crippen molar-refractivity contribution >= 4 is 11.9 Å². The normalized spacial score (nSPS) is 10.3. The van der Waals surface area contributed by atoms with E-state index in [4.69, 9.17) is 5.11 Å². The fourth-order valence-corrected chi connectivity index (χ4v) is 1.58. The third-order valence-electron chi connectivity index (χ3n) is 2.83. The number of aliphatic carboxylic acids is 2. The van der Waals surface area contributed by atoms with Crippen LogP contribution in [0.2, 0.25) is 0 Å². The second-order valence-corrected chi connectivity index (χ2v) is 4.95. The number of carboxylic acid groups (broad SMARTS) is 2. The van der Waals surface area contributed by atoms with Gasteiger partial charge < -0.3 is 24.9 Å². The SMILES string of the molecule is CC(O)C(=O)[O-].CCCCCCCCCCCC(=O)[O-].[Zn+2].[Zn+2]. The summed E-state index contributed by atoms with van der Waals surface area (Å²) in [5.41, 5.74) is 0. The van der Waals surface area contributed by atoms with Crippen molar-refractivity contribution in [1.82, 2.24) is 0 Å². The van der Waals surface area contributed by atoms with Crippen LogP contribution in [0.3, 0.4) is 0 Å². The topological polar surface area (TPSA) is 100 Å². The molecule has 1 N–H and O–H groups in total. The molecule has 0 saturated carbocycles. The molecule has 7 heteroatoms. The van der Waals surface area contributed by atoms with Crippen molar-refractivity contribution in [3.63, 3.8) is 0 Å². The third-order valence-corrected chi connectivity index (χ3v) is 2.83. The average molecular weight is 419 g/mol. The molecule has 0 heterocycles. The molecule has 22 heavy (non-hydrogen) atoms. The predicted octanol–water partition coefficient (Wildman–Crippen LogP) is 0.769. The number of rotatable bonds is 11. The Morgan fingerprint density at radius 3 is 1.45 bits per heavy atom. The number of carboxylic acids is 2. The molecule has 0 aromatic rings. The Labute approximate surface area is 159 Å². The summed E-state index contributed by atoms with van der Waals surface area (Å²) in [6.45, 7) is 3.36. The van der Waals surface area contributed by atoms with Crippen LogP contribution in [0.1, 0.15) is 78.1 Å². The molecule has 0 aromatic heterocycles. The second-order valence-electron chi connectivity index (χ2n) is 4.95. The Morgan fingerprint density at radius 2 is 1.18 bits per heavy atom. The minimum absolute atomic E-state index is 0. The van der Waals surface area contributed by atoms with E-state index < -0.39 is 18.0 Å². The molecule has 1 atom stereocenters. The van der Waals surface area contributed by atoms with Gasteiger partial charge in [0, 0.05) is 5.97 Å². The van der Waals surface area contributed by atoms with E-state index in [9.17, 15) is 19.8 Å². The van der Waals surface area contributed by atoms with E-state index in [0.717, 1.165) is 19.8 Å². The molecular formula is C15H28O5Zn2+2. The number of hydrogen-bond donors (Lipinski definition) is 1. The first-order chi connectivity index (χ1) is 9.41. The number of hydrogen-bond acceptors (Lipinski definition) is 5. The number of unbranched alkanes of at least 4 members (excludes halogenated alkanes) is 8. The molecule has 0 aromatic carbocycles.